The molecule has 2 atom stereocenters. The van der Waals surface area contributed by atoms with Crippen LogP contribution in [0.1, 0.15) is 51.8 Å². The van der Waals surface area contributed by atoms with Gasteiger partial charge in [-0.15, -0.1) is 0 Å². The Morgan fingerprint density at radius 2 is 1.48 bits per heavy atom. The van der Waals surface area contributed by atoms with Crippen LogP contribution in [0, 0.1) is 0 Å². The largest absolute Gasteiger partial charge is 0.494 e. The second-order valence-corrected chi connectivity index (χ2v) is 6.60. The fourth-order valence-electron chi connectivity index (χ4n) is 3.11. The molecule has 29 heavy (non-hydrogen) atoms. The van der Waals surface area contributed by atoms with Gasteiger partial charge in [-0.05, 0) is 57.2 Å². The van der Waals surface area contributed by atoms with E-state index in [4.69, 9.17) is 9.47 Å². The average molecular weight is 395 g/mol. The van der Waals surface area contributed by atoms with E-state index in [1.54, 1.807) is 36.4 Å². The lowest BCUT2D eigenvalue weighted by Crippen LogP contribution is -2.45. The summed E-state index contributed by atoms with van der Waals surface area (Å²) in [7, 11) is 0. The van der Waals surface area contributed by atoms with E-state index in [0.717, 1.165) is 4.90 Å². The van der Waals surface area contributed by atoms with Crippen molar-refractivity contribution in [2.75, 3.05) is 6.61 Å². The molecule has 1 aliphatic rings. The Morgan fingerprint density at radius 3 is 2.00 bits per heavy atom. The van der Waals surface area contributed by atoms with Crippen LogP contribution in [-0.4, -0.2) is 47.2 Å². The monoisotopic (exact) mass is 395 g/mol. The molecule has 0 spiro atoms. The SMILES string of the molecule is CCOc1ccc(C(=O)[C@@H](C)OC(=O)[C@H](C)N2C(=O)c3ccccc3C2=O)cc1. The van der Waals surface area contributed by atoms with Crippen molar-refractivity contribution in [3.8, 4) is 5.75 Å². The van der Waals surface area contributed by atoms with Crippen LogP contribution in [0.25, 0.3) is 0 Å². The van der Waals surface area contributed by atoms with Crippen molar-refractivity contribution in [3.05, 3.63) is 65.2 Å². The van der Waals surface area contributed by atoms with Gasteiger partial charge in [0.2, 0.25) is 5.78 Å². The van der Waals surface area contributed by atoms with Crippen molar-refractivity contribution < 1.29 is 28.7 Å². The van der Waals surface area contributed by atoms with Crippen molar-refractivity contribution in [2.45, 2.75) is 32.9 Å². The van der Waals surface area contributed by atoms with Gasteiger partial charge < -0.3 is 9.47 Å². The average Bonchev–Trinajstić information content (AvgIpc) is 2.98. The Balaban J connectivity index is 1.67. The summed E-state index contributed by atoms with van der Waals surface area (Å²) in [5.74, 6) is -1.70. The number of benzene rings is 2. The summed E-state index contributed by atoms with van der Waals surface area (Å²) < 4.78 is 10.6. The molecule has 3 rings (SSSR count). The molecular formula is C22H21NO6. The van der Waals surface area contributed by atoms with Crippen LogP contribution >= 0.6 is 0 Å². The first-order valence-corrected chi connectivity index (χ1v) is 9.29. The number of carbonyl (C=O) groups is 4. The summed E-state index contributed by atoms with van der Waals surface area (Å²) in [4.78, 5) is 50.9. The lowest BCUT2D eigenvalue weighted by Gasteiger charge is -2.22. The van der Waals surface area contributed by atoms with Crippen molar-refractivity contribution in [1.82, 2.24) is 4.90 Å². The number of ketones is 1. The predicted octanol–water partition coefficient (Wildman–Crippen LogP) is 2.88. The van der Waals surface area contributed by atoms with Gasteiger partial charge in [0.1, 0.15) is 11.8 Å². The summed E-state index contributed by atoms with van der Waals surface area (Å²) >= 11 is 0. The van der Waals surface area contributed by atoms with Gasteiger partial charge in [-0.25, -0.2) is 4.79 Å². The standard InChI is InChI=1S/C22H21NO6/c1-4-28-16-11-9-15(10-12-16)19(24)14(3)29-22(27)13(2)23-20(25)17-7-5-6-8-18(17)21(23)26/h5-14H,4H2,1-3H3/t13-,14+/m0/s1. The molecule has 0 fully saturated rings. The van der Waals surface area contributed by atoms with Crippen LogP contribution in [0.3, 0.4) is 0 Å². The Kier molecular flexibility index (Phi) is 5.77. The third-order valence-electron chi connectivity index (χ3n) is 4.67. The van der Waals surface area contributed by atoms with Crippen molar-refractivity contribution in [1.29, 1.82) is 0 Å². The molecule has 0 radical (unpaired) electrons. The molecule has 0 saturated carbocycles. The first-order chi connectivity index (χ1) is 13.8. The number of rotatable bonds is 7. The third kappa shape index (κ3) is 3.89. The smallest absolute Gasteiger partial charge is 0.329 e. The molecule has 1 aliphatic heterocycles. The maximum atomic E-state index is 12.5. The Bertz CT molecular complexity index is 931. The summed E-state index contributed by atoms with van der Waals surface area (Å²) in [5.41, 5.74) is 0.855. The zero-order chi connectivity index (χ0) is 21.1. The van der Waals surface area contributed by atoms with Gasteiger partial charge in [0.05, 0.1) is 17.7 Å². The molecule has 0 aromatic heterocycles. The van der Waals surface area contributed by atoms with Gasteiger partial charge in [0.15, 0.2) is 6.10 Å². The van der Waals surface area contributed by atoms with Gasteiger partial charge in [0, 0.05) is 5.56 Å². The molecule has 0 aliphatic carbocycles. The van der Waals surface area contributed by atoms with Gasteiger partial charge in [-0.1, -0.05) is 12.1 Å². The number of carbonyl (C=O) groups excluding carboxylic acids is 4. The van der Waals surface area contributed by atoms with Crippen LogP contribution in [0.5, 0.6) is 5.75 Å². The van der Waals surface area contributed by atoms with Crippen LogP contribution in [0.15, 0.2) is 48.5 Å². The van der Waals surface area contributed by atoms with E-state index < -0.39 is 35.7 Å². The number of fused-ring (bicyclic) bond motifs is 1. The maximum absolute atomic E-state index is 12.5. The number of nitrogens with zero attached hydrogens (tertiary/aromatic N) is 1. The minimum atomic E-state index is -1.15. The number of Topliss-reactive ketones (excluding diaryl/α,β-unsaturated/α-hetero) is 1. The number of ether oxygens (including phenoxy) is 2. The first kappa shape index (κ1) is 20.3. The maximum Gasteiger partial charge on any atom is 0.329 e. The summed E-state index contributed by atoms with van der Waals surface area (Å²) in [5, 5.41) is 0. The minimum Gasteiger partial charge on any atom is -0.494 e. The first-order valence-electron chi connectivity index (χ1n) is 9.29. The van der Waals surface area contributed by atoms with E-state index in [-0.39, 0.29) is 11.1 Å². The fraction of sp³-hybridized carbons (Fsp3) is 0.273. The summed E-state index contributed by atoms with van der Waals surface area (Å²) in [6.45, 7) is 5.22. The predicted molar refractivity (Wildman–Crippen MR) is 104 cm³/mol. The van der Waals surface area contributed by atoms with E-state index >= 15 is 0 Å². The van der Waals surface area contributed by atoms with Gasteiger partial charge in [0.25, 0.3) is 11.8 Å². The second-order valence-electron chi connectivity index (χ2n) is 6.60. The van der Waals surface area contributed by atoms with Crippen LogP contribution in [0.4, 0.5) is 0 Å². The quantitative estimate of drug-likeness (QED) is 0.407. The third-order valence-corrected chi connectivity index (χ3v) is 4.67. The van der Waals surface area contributed by atoms with E-state index in [9.17, 15) is 19.2 Å². The van der Waals surface area contributed by atoms with Gasteiger partial charge in [-0.3, -0.25) is 19.3 Å². The van der Waals surface area contributed by atoms with Crippen LogP contribution in [-0.2, 0) is 9.53 Å². The van der Waals surface area contributed by atoms with E-state index in [2.05, 4.69) is 0 Å². The zero-order valence-corrected chi connectivity index (χ0v) is 16.4. The lowest BCUT2D eigenvalue weighted by molar-refractivity contribution is -0.150. The molecule has 0 saturated heterocycles. The molecule has 0 unspecified atom stereocenters. The molecule has 7 nitrogen and oxygen atoms in total. The molecule has 2 aromatic rings. The molecule has 0 bridgehead atoms. The molecular weight excluding hydrogens is 374 g/mol. The van der Waals surface area contributed by atoms with E-state index in [0.29, 0.717) is 17.9 Å². The topological polar surface area (TPSA) is 90.0 Å². The normalized spacial score (nSPS) is 14.9. The number of imide groups is 1. The van der Waals surface area contributed by atoms with Crippen LogP contribution in [0.2, 0.25) is 0 Å². The van der Waals surface area contributed by atoms with E-state index in [1.807, 2.05) is 6.92 Å². The number of hydrogen-bond donors (Lipinski definition) is 0. The molecule has 2 aromatic carbocycles. The van der Waals surface area contributed by atoms with Crippen LogP contribution < -0.4 is 4.74 Å². The lowest BCUT2D eigenvalue weighted by atomic mass is 10.1. The molecule has 0 N–H and O–H groups in total. The molecule has 7 heteroatoms. The number of hydrogen-bond acceptors (Lipinski definition) is 6. The highest BCUT2D eigenvalue weighted by Crippen LogP contribution is 2.25. The Hall–Kier alpha value is -3.48. The molecule has 2 amide bonds. The number of amides is 2. The van der Waals surface area contributed by atoms with Crippen molar-refractivity contribution in [2.24, 2.45) is 0 Å². The summed E-state index contributed by atoms with van der Waals surface area (Å²) in [6, 6.07) is 11.7. The Morgan fingerprint density at radius 1 is 0.931 bits per heavy atom. The number of esters is 1. The van der Waals surface area contributed by atoms with Gasteiger partial charge >= 0.3 is 5.97 Å². The minimum absolute atomic E-state index is 0.246. The van der Waals surface area contributed by atoms with Gasteiger partial charge in [-0.2, -0.15) is 0 Å². The van der Waals surface area contributed by atoms with Crippen molar-refractivity contribution in [3.63, 3.8) is 0 Å². The molecule has 1 heterocycles. The van der Waals surface area contributed by atoms with E-state index in [1.165, 1.54) is 26.0 Å². The highest BCUT2D eigenvalue weighted by atomic mass is 16.5. The highest BCUT2D eigenvalue weighted by Gasteiger charge is 2.41. The highest BCUT2D eigenvalue weighted by molar-refractivity contribution is 6.22. The summed E-state index contributed by atoms with van der Waals surface area (Å²) in [6.07, 6.45) is -1.07. The zero-order valence-electron chi connectivity index (χ0n) is 16.4. The Labute approximate surface area is 168 Å². The van der Waals surface area contributed by atoms with Crippen molar-refractivity contribution >= 4 is 23.6 Å². The second kappa shape index (κ2) is 8.26. The fourth-order valence-corrected chi connectivity index (χ4v) is 3.11. The molecule has 150 valence electrons.